The first-order valence-electron chi connectivity index (χ1n) is 2.89. The van der Waals surface area contributed by atoms with Crippen LogP contribution in [0, 0.1) is 0 Å². The van der Waals surface area contributed by atoms with Crippen molar-refractivity contribution in [3.63, 3.8) is 0 Å². The molecule has 0 aromatic rings. The maximum absolute atomic E-state index is 8.50. The lowest BCUT2D eigenvalue weighted by Gasteiger charge is -2.24. The molecule has 0 aliphatic heterocycles. The van der Waals surface area contributed by atoms with Crippen LogP contribution in [-0.4, -0.2) is 31.7 Å². The summed E-state index contributed by atoms with van der Waals surface area (Å²) in [6.07, 6.45) is 0.500. The Bertz CT molecular complexity index is 68.7. The van der Waals surface area contributed by atoms with Gasteiger partial charge in [-0.05, 0) is 6.92 Å². The molecule has 0 amide bonds. The van der Waals surface area contributed by atoms with E-state index in [4.69, 9.17) is 14.6 Å². The predicted octanol–water partition coefficient (Wildman–Crippen LogP) is 0.378. The molecule has 3 heteroatoms. The van der Waals surface area contributed by atoms with E-state index >= 15 is 0 Å². The van der Waals surface area contributed by atoms with Crippen LogP contribution in [0.2, 0.25) is 0 Å². The molecule has 0 rings (SSSR count). The van der Waals surface area contributed by atoms with Crippen LogP contribution in [0.3, 0.4) is 0 Å². The average Bonchev–Trinajstić information content (AvgIpc) is 1.89. The van der Waals surface area contributed by atoms with Crippen LogP contribution in [0.15, 0.2) is 0 Å². The molecule has 0 radical (unpaired) electrons. The quantitative estimate of drug-likeness (QED) is 0.565. The number of aliphatic hydroxyl groups excluding tert-OH is 1. The van der Waals surface area contributed by atoms with Gasteiger partial charge in [0.15, 0.2) is 5.79 Å². The highest BCUT2D eigenvalue weighted by molar-refractivity contribution is 4.59. The van der Waals surface area contributed by atoms with E-state index in [9.17, 15) is 0 Å². The van der Waals surface area contributed by atoms with Gasteiger partial charge in [0.1, 0.15) is 0 Å². The van der Waals surface area contributed by atoms with Crippen molar-refractivity contribution in [2.24, 2.45) is 0 Å². The summed E-state index contributed by atoms with van der Waals surface area (Å²) in [5, 5.41) is 8.50. The third kappa shape index (κ3) is 2.79. The Kier molecular flexibility index (Phi) is 3.77. The van der Waals surface area contributed by atoms with Gasteiger partial charge in [-0.1, -0.05) is 0 Å². The molecule has 0 bridgehead atoms. The smallest absolute Gasteiger partial charge is 0.166 e. The molecule has 0 unspecified atom stereocenters. The highest BCUT2D eigenvalue weighted by Gasteiger charge is 2.20. The molecule has 56 valence electrons. The number of ether oxygens (including phenoxy) is 2. The van der Waals surface area contributed by atoms with E-state index in [1.54, 1.807) is 21.1 Å². The topological polar surface area (TPSA) is 38.7 Å². The summed E-state index contributed by atoms with van der Waals surface area (Å²) in [6.45, 7) is 1.86. The minimum absolute atomic E-state index is 0.0815. The van der Waals surface area contributed by atoms with Gasteiger partial charge in [0.05, 0.1) is 0 Å². The van der Waals surface area contributed by atoms with Crippen molar-refractivity contribution in [3.8, 4) is 0 Å². The van der Waals surface area contributed by atoms with Crippen molar-refractivity contribution in [3.05, 3.63) is 0 Å². The van der Waals surface area contributed by atoms with Gasteiger partial charge < -0.3 is 14.6 Å². The molecule has 0 aromatic heterocycles. The van der Waals surface area contributed by atoms with Crippen molar-refractivity contribution in [2.45, 2.75) is 19.1 Å². The molecule has 0 fully saturated rings. The minimum Gasteiger partial charge on any atom is -0.396 e. The molecule has 0 saturated heterocycles. The fourth-order valence-electron chi connectivity index (χ4n) is 0.491. The maximum atomic E-state index is 8.50. The van der Waals surface area contributed by atoms with Gasteiger partial charge in [0, 0.05) is 27.2 Å². The lowest BCUT2D eigenvalue weighted by Crippen LogP contribution is -2.30. The van der Waals surface area contributed by atoms with E-state index in [1.807, 2.05) is 0 Å². The molecule has 9 heavy (non-hydrogen) atoms. The van der Waals surface area contributed by atoms with Crippen LogP contribution in [-0.2, 0) is 9.47 Å². The molecule has 0 heterocycles. The Labute approximate surface area is 55.6 Å². The van der Waals surface area contributed by atoms with Crippen LogP contribution in [0.25, 0.3) is 0 Å². The normalized spacial score (nSPS) is 12.0. The molecular formula is C6H14O3. The van der Waals surface area contributed by atoms with Crippen LogP contribution < -0.4 is 0 Å². The lowest BCUT2D eigenvalue weighted by molar-refractivity contribution is -0.201. The highest BCUT2D eigenvalue weighted by atomic mass is 16.7. The molecule has 1 N–H and O–H groups in total. The van der Waals surface area contributed by atoms with Crippen molar-refractivity contribution in [1.82, 2.24) is 0 Å². The van der Waals surface area contributed by atoms with Crippen molar-refractivity contribution in [2.75, 3.05) is 20.8 Å². The second-order valence-electron chi connectivity index (χ2n) is 2.02. The molecule has 0 aliphatic rings. The summed E-state index contributed by atoms with van der Waals surface area (Å²) in [5.74, 6) is -0.616. The van der Waals surface area contributed by atoms with Crippen LogP contribution in [0.1, 0.15) is 13.3 Å². The van der Waals surface area contributed by atoms with Gasteiger partial charge in [-0.3, -0.25) is 0 Å². The molecular weight excluding hydrogens is 120 g/mol. The van der Waals surface area contributed by atoms with Gasteiger partial charge in [-0.15, -0.1) is 0 Å². The Morgan fingerprint density at radius 1 is 1.33 bits per heavy atom. The monoisotopic (exact) mass is 134 g/mol. The van der Waals surface area contributed by atoms with Gasteiger partial charge in [-0.25, -0.2) is 0 Å². The van der Waals surface area contributed by atoms with Crippen molar-refractivity contribution < 1.29 is 14.6 Å². The summed E-state index contributed by atoms with van der Waals surface area (Å²) < 4.78 is 9.89. The van der Waals surface area contributed by atoms with Gasteiger partial charge in [0.25, 0.3) is 0 Å². The van der Waals surface area contributed by atoms with Gasteiger partial charge in [0.2, 0.25) is 0 Å². The second-order valence-corrected chi connectivity index (χ2v) is 2.02. The first-order valence-corrected chi connectivity index (χ1v) is 2.89. The summed E-state index contributed by atoms with van der Waals surface area (Å²) in [4.78, 5) is 0. The molecule has 0 aromatic carbocycles. The highest BCUT2D eigenvalue weighted by Crippen LogP contribution is 2.13. The lowest BCUT2D eigenvalue weighted by atomic mass is 10.2. The third-order valence-electron chi connectivity index (χ3n) is 1.43. The van der Waals surface area contributed by atoms with Crippen molar-refractivity contribution >= 4 is 0 Å². The first kappa shape index (κ1) is 8.88. The van der Waals surface area contributed by atoms with E-state index in [0.29, 0.717) is 6.42 Å². The maximum Gasteiger partial charge on any atom is 0.166 e. The minimum atomic E-state index is -0.616. The molecule has 0 aliphatic carbocycles. The summed E-state index contributed by atoms with van der Waals surface area (Å²) >= 11 is 0. The first-order chi connectivity index (χ1) is 4.18. The van der Waals surface area contributed by atoms with Gasteiger partial charge in [-0.2, -0.15) is 0 Å². The summed E-state index contributed by atoms with van der Waals surface area (Å²) in [5.41, 5.74) is 0. The number of rotatable bonds is 4. The number of methoxy groups -OCH3 is 2. The Morgan fingerprint density at radius 3 is 1.89 bits per heavy atom. The SMILES string of the molecule is COC(C)(CCO)OC. The van der Waals surface area contributed by atoms with Crippen LogP contribution in [0.4, 0.5) is 0 Å². The summed E-state index contributed by atoms with van der Waals surface area (Å²) in [6, 6.07) is 0. The van der Waals surface area contributed by atoms with Gasteiger partial charge >= 0.3 is 0 Å². The van der Waals surface area contributed by atoms with Crippen LogP contribution in [0.5, 0.6) is 0 Å². The Balaban J connectivity index is 3.62. The Hall–Kier alpha value is -0.120. The third-order valence-corrected chi connectivity index (χ3v) is 1.43. The average molecular weight is 134 g/mol. The van der Waals surface area contributed by atoms with Crippen LogP contribution >= 0.6 is 0 Å². The van der Waals surface area contributed by atoms with E-state index < -0.39 is 5.79 Å². The fourth-order valence-corrected chi connectivity index (χ4v) is 0.491. The molecule has 0 saturated carbocycles. The molecule has 0 atom stereocenters. The second kappa shape index (κ2) is 3.82. The van der Waals surface area contributed by atoms with E-state index in [2.05, 4.69) is 0 Å². The Morgan fingerprint density at radius 2 is 1.78 bits per heavy atom. The van der Waals surface area contributed by atoms with E-state index in [-0.39, 0.29) is 6.61 Å². The zero-order valence-electron chi connectivity index (χ0n) is 6.18. The molecule has 3 nitrogen and oxygen atoms in total. The van der Waals surface area contributed by atoms with E-state index in [0.717, 1.165) is 0 Å². The van der Waals surface area contributed by atoms with Crippen molar-refractivity contribution in [1.29, 1.82) is 0 Å². The standard InChI is InChI=1S/C6H14O3/c1-6(8-2,9-3)4-5-7/h7H,4-5H2,1-3H3. The number of hydrogen-bond acceptors (Lipinski definition) is 3. The number of aliphatic hydroxyl groups is 1. The summed E-state index contributed by atoms with van der Waals surface area (Å²) in [7, 11) is 3.11. The fraction of sp³-hybridized carbons (Fsp3) is 1.00. The largest absolute Gasteiger partial charge is 0.396 e. The molecule has 0 spiro atoms. The van der Waals surface area contributed by atoms with E-state index in [1.165, 1.54) is 0 Å². The zero-order valence-corrected chi connectivity index (χ0v) is 6.18. The zero-order chi connectivity index (χ0) is 7.33. The predicted molar refractivity (Wildman–Crippen MR) is 34.1 cm³/mol. The number of hydrogen-bond donors (Lipinski definition) is 1.